The number of carbonyl (C=O) groups is 1. The number of hydrogen-bond acceptors (Lipinski definition) is 7. The van der Waals surface area contributed by atoms with Crippen molar-refractivity contribution in [2.75, 3.05) is 56.2 Å². The first-order valence-electron chi connectivity index (χ1n) is 14.8. The van der Waals surface area contributed by atoms with E-state index in [1.807, 2.05) is 4.90 Å². The highest BCUT2D eigenvalue weighted by Crippen LogP contribution is 2.36. The maximum absolute atomic E-state index is 12.4. The first kappa shape index (κ1) is 26.1. The van der Waals surface area contributed by atoms with Gasteiger partial charge in [-0.15, -0.1) is 0 Å². The molecule has 2 saturated heterocycles. The second-order valence-electron chi connectivity index (χ2n) is 11.7. The summed E-state index contributed by atoms with van der Waals surface area (Å²) in [5.41, 5.74) is 5.25. The number of para-hydroxylation sites is 1. The van der Waals surface area contributed by atoms with Gasteiger partial charge >= 0.3 is 6.01 Å². The van der Waals surface area contributed by atoms with E-state index in [4.69, 9.17) is 14.7 Å². The van der Waals surface area contributed by atoms with E-state index in [1.165, 1.54) is 35.7 Å². The molecule has 1 unspecified atom stereocenters. The quantitative estimate of drug-likeness (QED) is 0.530. The number of likely N-dealkylation sites (tertiary alicyclic amines) is 1. The van der Waals surface area contributed by atoms with Crippen molar-refractivity contribution in [1.29, 1.82) is 0 Å². The number of fused-ring (bicyclic) bond motifs is 2. The van der Waals surface area contributed by atoms with Gasteiger partial charge in [0.2, 0.25) is 5.91 Å². The Morgan fingerprint density at radius 3 is 2.77 bits per heavy atom. The molecule has 2 aromatic rings. The fourth-order valence-corrected chi connectivity index (χ4v) is 7.05. The summed E-state index contributed by atoms with van der Waals surface area (Å²) < 4.78 is 6.32. The first-order valence-corrected chi connectivity index (χ1v) is 14.8. The van der Waals surface area contributed by atoms with E-state index in [0.29, 0.717) is 31.2 Å². The summed E-state index contributed by atoms with van der Waals surface area (Å²) >= 11 is 0. The maximum atomic E-state index is 12.4. The van der Waals surface area contributed by atoms with Gasteiger partial charge in [-0.3, -0.25) is 4.79 Å². The van der Waals surface area contributed by atoms with Crippen LogP contribution in [0, 0.1) is 0 Å². The van der Waals surface area contributed by atoms with E-state index in [9.17, 15) is 4.79 Å². The molecule has 1 aromatic carbocycles. The number of likely N-dealkylation sites (N-methyl/N-ethyl adjacent to an activating group) is 1. The normalized spacial score (nSPS) is 25.3. The Hall–Kier alpha value is -3.13. The summed E-state index contributed by atoms with van der Waals surface area (Å²) in [6, 6.07) is 10.3. The fraction of sp³-hybridized carbons (Fsp3) is 0.581. The van der Waals surface area contributed by atoms with Crippen LogP contribution < -0.4 is 14.5 Å². The Bertz CT molecular complexity index is 1220. The number of rotatable bonds is 6. The number of piperazine rings is 1. The number of aromatic nitrogens is 2. The molecule has 0 spiro atoms. The molecule has 1 aromatic heterocycles. The van der Waals surface area contributed by atoms with Gasteiger partial charge in [0.1, 0.15) is 12.4 Å². The highest BCUT2D eigenvalue weighted by Gasteiger charge is 2.34. The number of benzene rings is 1. The summed E-state index contributed by atoms with van der Waals surface area (Å²) in [4.78, 5) is 31.7. The third kappa shape index (κ3) is 5.23. The van der Waals surface area contributed by atoms with E-state index in [1.54, 1.807) is 0 Å². The van der Waals surface area contributed by atoms with Gasteiger partial charge in [0.25, 0.3) is 0 Å². The van der Waals surface area contributed by atoms with Crippen LogP contribution in [0.5, 0.6) is 6.01 Å². The van der Waals surface area contributed by atoms with Crippen molar-refractivity contribution < 1.29 is 9.53 Å². The molecular formula is C31H42N6O2. The van der Waals surface area contributed by atoms with E-state index in [0.717, 1.165) is 69.8 Å². The maximum Gasteiger partial charge on any atom is 0.318 e. The zero-order valence-corrected chi connectivity index (χ0v) is 23.5. The Balaban J connectivity index is 1.28. The van der Waals surface area contributed by atoms with Crippen molar-refractivity contribution in [2.45, 2.75) is 70.0 Å². The molecular weight excluding hydrogens is 488 g/mol. The molecule has 8 nitrogen and oxygen atoms in total. The number of aryl methyl sites for hydroxylation is 1. The Morgan fingerprint density at radius 2 is 1.97 bits per heavy atom. The van der Waals surface area contributed by atoms with Crippen molar-refractivity contribution in [3.05, 3.63) is 53.7 Å². The predicted molar refractivity (Wildman–Crippen MR) is 155 cm³/mol. The van der Waals surface area contributed by atoms with Crippen LogP contribution in [0.2, 0.25) is 0 Å². The minimum absolute atomic E-state index is 0.00114. The third-order valence-corrected chi connectivity index (χ3v) is 9.25. The summed E-state index contributed by atoms with van der Waals surface area (Å²) in [6.07, 6.45) is 9.10. The Kier molecular flexibility index (Phi) is 7.47. The van der Waals surface area contributed by atoms with Crippen molar-refractivity contribution in [3.8, 4) is 6.01 Å². The van der Waals surface area contributed by atoms with Gasteiger partial charge in [-0.2, -0.15) is 9.97 Å². The molecule has 0 radical (unpaired) electrons. The van der Waals surface area contributed by atoms with E-state index < -0.39 is 0 Å². The standard InChI is InChI=1S/C31H42N6O2/c1-4-29(38)36-18-17-35(20-22(36)2)30-26-14-13-24(37-16-7-10-23-9-5-6-12-28(23)37)19-27(26)32-31(33-30)39-21-25-11-8-15-34(25)3/h4-6,9,12,22,24-25H,1,7-8,10-11,13-21H2,2-3H3/t22-,24?,25+/m1/s1. The third-order valence-electron chi connectivity index (χ3n) is 9.25. The van der Waals surface area contributed by atoms with Gasteiger partial charge in [-0.1, -0.05) is 24.8 Å². The van der Waals surface area contributed by atoms with Gasteiger partial charge in [0, 0.05) is 62.0 Å². The second-order valence-corrected chi connectivity index (χ2v) is 11.7. The average Bonchev–Trinajstić information content (AvgIpc) is 3.38. The lowest BCUT2D eigenvalue weighted by Crippen LogP contribution is -2.54. The van der Waals surface area contributed by atoms with E-state index in [-0.39, 0.29) is 11.9 Å². The number of nitrogens with zero attached hydrogens (tertiary/aromatic N) is 6. The first-order chi connectivity index (χ1) is 19.0. The highest BCUT2D eigenvalue weighted by molar-refractivity contribution is 5.87. The summed E-state index contributed by atoms with van der Waals surface area (Å²) in [7, 11) is 2.17. The van der Waals surface area contributed by atoms with E-state index in [2.05, 4.69) is 59.5 Å². The molecule has 3 atom stereocenters. The molecule has 39 heavy (non-hydrogen) atoms. The molecule has 6 rings (SSSR count). The number of carbonyl (C=O) groups excluding carboxylic acids is 1. The Morgan fingerprint density at radius 1 is 1.10 bits per heavy atom. The van der Waals surface area contributed by atoms with Crippen molar-refractivity contribution in [3.63, 3.8) is 0 Å². The average molecular weight is 531 g/mol. The summed E-state index contributed by atoms with van der Waals surface area (Å²) in [5.74, 6) is 1.01. The van der Waals surface area contributed by atoms with Gasteiger partial charge in [-0.25, -0.2) is 0 Å². The number of anilines is 2. The molecule has 1 amide bonds. The molecule has 4 aliphatic rings. The van der Waals surface area contributed by atoms with Crippen molar-refractivity contribution >= 4 is 17.4 Å². The molecule has 0 N–H and O–H groups in total. The van der Waals surface area contributed by atoms with Crippen LogP contribution >= 0.6 is 0 Å². The molecule has 4 heterocycles. The molecule has 1 aliphatic carbocycles. The molecule has 0 bridgehead atoms. The van der Waals surface area contributed by atoms with Crippen LogP contribution in [0.15, 0.2) is 36.9 Å². The van der Waals surface area contributed by atoms with Gasteiger partial charge in [0.05, 0.1) is 5.69 Å². The van der Waals surface area contributed by atoms with Crippen LogP contribution in [0.3, 0.4) is 0 Å². The van der Waals surface area contributed by atoms with Crippen molar-refractivity contribution in [2.24, 2.45) is 0 Å². The minimum Gasteiger partial charge on any atom is -0.462 e. The monoisotopic (exact) mass is 530 g/mol. The predicted octanol–water partition coefficient (Wildman–Crippen LogP) is 3.48. The van der Waals surface area contributed by atoms with E-state index >= 15 is 0 Å². The van der Waals surface area contributed by atoms with Crippen LogP contribution in [-0.4, -0.2) is 90.2 Å². The molecule has 2 fully saturated rings. The van der Waals surface area contributed by atoms with Crippen molar-refractivity contribution in [1.82, 2.24) is 19.8 Å². The topological polar surface area (TPSA) is 65.0 Å². The smallest absolute Gasteiger partial charge is 0.318 e. The second kappa shape index (κ2) is 11.2. The fourth-order valence-electron chi connectivity index (χ4n) is 7.05. The zero-order valence-electron chi connectivity index (χ0n) is 23.5. The molecule has 208 valence electrons. The zero-order chi connectivity index (χ0) is 26.9. The highest BCUT2D eigenvalue weighted by atomic mass is 16.5. The summed E-state index contributed by atoms with van der Waals surface area (Å²) in [5, 5.41) is 0. The molecule has 8 heteroatoms. The number of ether oxygens (including phenoxy) is 1. The largest absolute Gasteiger partial charge is 0.462 e. The van der Waals surface area contributed by atoms with Crippen LogP contribution in [0.1, 0.15) is 49.4 Å². The molecule has 0 saturated carbocycles. The Labute approximate surface area is 232 Å². The lowest BCUT2D eigenvalue weighted by atomic mass is 9.88. The SMILES string of the molecule is C=CC(=O)N1CCN(c2nc(OC[C@@H]3CCCN3C)nc3c2CCC(N2CCCc4ccccc42)C3)C[C@H]1C. The number of amides is 1. The van der Waals surface area contributed by atoms with Crippen LogP contribution in [-0.2, 0) is 24.1 Å². The van der Waals surface area contributed by atoms with Crippen LogP contribution in [0.25, 0.3) is 0 Å². The number of hydrogen-bond donors (Lipinski definition) is 0. The lowest BCUT2D eigenvalue weighted by Gasteiger charge is -2.42. The van der Waals surface area contributed by atoms with Gasteiger partial charge < -0.3 is 24.3 Å². The summed E-state index contributed by atoms with van der Waals surface area (Å²) in [6.45, 7) is 10.8. The van der Waals surface area contributed by atoms with Crippen LogP contribution in [0.4, 0.5) is 11.5 Å². The van der Waals surface area contributed by atoms with Gasteiger partial charge in [0.15, 0.2) is 0 Å². The lowest BCUT2D eigenvalue weighted by molar-refractivity contribution is -0.128. The minimum atomic E-state index is 0.00114. The van der Waals surface area contributed by atoms with Gasteiger partial charge in [-0.05, 0) is 76.7 Å². The molecule has 3 aliphatic heterocycles.